The standard InChI is InChI=1S/C18H19N5O3/c1-13-4-2-3-5-14(13)11-22-12-15(10-20-22)21-18(26)16-6-8-19-23(16)9-7-17(24)25/h2-6,8,10,12H,7,9,11H2,1H3,(H,21,26)(H,24,25). The van der Waals surface area contributed by atoms with E-state index in [1.165, 1.54) is 16.4 Å². The lowest BCUT2D eigenvalue weighted by atomic mass is 10.1. The summed E-state index contributed by atoms with van der Waals surface area (Å²) in [6, 6.07) is 9.60. The Morgan fingerprint density at radius 2 is 2.00 bits per heavy atom. The van der Waals surface area contributed by atoms with Gasteiger partial charge >= 0.3 is 5.97 Å². The van der Waals surface area contributed by atoms with Gasteiger partial charge in [-0.2, -0.15) is 10.2 Å². The number of hydrogen-bond acceptors (Lipinski definition) is 4. The van der Waals surface area contributed by atoms with Gasteiger partial charge in [-0.1, -0.05) is 24.3 Å². The van der Waals surface area contributed by atoms with Crippen LogP contribution in [0, 0.1) is 6.92 Å². The van der Waals surface area contributed by atoms with Crippen LogP contribution < -0.4 is 5.32 Å². The fourth-order valence-electron chi connectivity index (χ4n) is 2.58. The van der Waals surface area contributed by atoms with Crippen LogP contribution in [0.25, 0.3) is 0 Å². The van der Waals surface area contributed by atoms with Crippen molar-refractivity contribution in [2.75, 3.05) is 5.32 Å². The minimum atomic E-state index is -0.940. The van der Waals surface area contributed by atoms with Crippen molar-refractivity contribution in [2.24, 2.45) is 0 Å². The molecular formula is C18H19N5O3. The number of benzene rings is 1. The number of aromatic nitrogens is 4. The van der Waals surface area contributed by atoms with Crippen LogP contribution in [-0.4, -0.2) is 36.5 Å². The summed E-state index contributed by atoms with van der Waals surface area (Å²) < 4.78 is 3.13. The predicted molar refractivity (Wildman–Crippen MR) is 94.9 cm³/mol. The Kier molecular flexibility index (Phi) is 5.12. The second kappa shape index (κ2) is 7.64. The highest BCUT2D eigenvalue weighted by Crippen LogP contribution is 2.12. The molecule has 0 atom stereocenters. The maximum Gasteiger partial charge on any atom is 0.305 e. The fourth-order valence-corrected chi connectivity index (χ4v) is 2.58. The number of nitrogens with zero attached hydrogens (tertiary/aromatic N) is 4. The Morgan fingerprint density at radius 3 is 2.77 bits per heavy atom. The van der Waals surface area contributed by atoms with Crippen molar-refractivity contribution in [2.45, 2.75) is 26.4 Å². The van der Waals surface area contributed by atoms with Crippen LogP contribution in [0.5, 0.6) is 0 Å². The molecule has 3 rings (SSSR count). The quantitative estimate of drug-likeness (QED) is 0.678. The van der Waals surface area contributed by atoms with Crippen molar-refractivity contribution in [3.05, 3.63) is 65.7 Å². The van der Waals surface area contributed by atoms with E-state index in [1.54, 1.807) is 23.1 Å². The zero-order chi connectivity index (χ0) is 18.5. The molecule has 26 heavy (non-hydrogen) atoms. The van der Waals surface area contributed by atoms with E-state index in [4.69, 9.17) is 5.11 Å². The molecule has 0 aliphatic rings. The first kappa shape index (κ1) is 17.4. The molecule has 2 N–H and O–H groups in total. The number of nitrogens with one attached hydrogen (secondary N) is 1. The van der Waals surface area contributed by atoms with Crippen LogP contribution in [0.1, 0.15) is 28.0 Å². The van der Waals surface area contributed by atoms with Gasteiger partial charge in [0.15, 0.2) is 0 Å². The van der Waals surface area contributed by atoms with E-state index < -0.39 is 5.97 Å². The normalized spacial score (nSPS) is 10.7. The van der Waals surface area contributed by atoms with E-state index in [1.807, 2.05) is 31.2 Å². The Labute approximate surface area is 150 Å². The molecule has 0 spiro atoms. The average molecular weight is 353 g/mol. The zero-order valence-electron chi connectivity index (χ0n) is 14.3. The number of amides is 1. The highest BCUT2D eigenvalue weighted by Gasteiger charge is 2.14. The summed E-state index contributed by atoms with van der Waals surface area (Å²) in [4.78, 5) is 23.1. The lowest BCUT2D eigenvalue weighted by molar-refractivity contribution is -0.137. The van der Waals surface area contributed by atoms with Crippen molar-refractivity contribution in [3.63, 3.8) is 0 Å². The Balaban J connectivity index is 1.66. The average Bonchev–Trinajstić information content (AvgIpc) is 3.24. The molecule has 0 radical (unpaired) electrons. The van der Waals surface area contributed by atoms with Crippen molar-refractivity contribution in [3.8, 4) is 0 Å². The van der Waals surface area contributed by atoms with Crippen LogP contribution in [0.4, 0.5) is 5.69 Å². The lowest BCUT2D eigenvalue weighted by Crippen LogP contribution is -2.18. The second-order valence-electron chi connectivity index (χ2n) is 5.89. The molecule has 0 unspecified atom stereocenters. The van der Waals surface area contributed by atoms with E-state index >= 15 is 0 Å². The second-order valence-corrected chi connectivity index (χ2v) is 5.89. The van der Waals surface area contributed by atoms with Gasteiger partial charge in [-0.3, -0.25) is 19.0 Å². The van der Waals surface area contributed by atoms with Gasteiger partial charge in [0, 0.05) is 12.4 Å². The molecule has 0 saturated carbocycles. The van der Waals surface area contributed by atoms with Crippen LogP contribution >= 0.6 is 0 Å². The van der Waals surface area contributed by atoms with Crippen molar-refractivity contribution in [1.82, 2.24) is 19.6 Å². The molecule has 2 heterocycles. The number of carboxylic acids is 1. The summed E-state index contributed by atoms with van der Waals surface area (Å²) in [5, 5.41) is 19.8. The number of aryl methyl sites for hydroxylation is 2. The summed E-state index contributed by atoms with van der Waals surface area (Å²) in [5.74, 6) is -1.30. The maximum atomic E-state index is 12.4. The first-order valence-corrected chi connectivity index (χ1v) is 8.15. The van der Waals surface area contributed by atoms with Crippen LogP contribution in [0.15, 0.2) is 48.9 Å². The van der Waals surface area contributed by atoms with Crippen LogP contribution in [0.3, 0.4) is 0 Å². The first-order chi connectivity index (χ1) is 12.5. The van der Waals surface area contributed by atoms with Crippen molar-refractivity contribution >= 4 is 17.6 Å². The summed E-state index contributed by atoms with van der Waals surface area (Å²) in [6.45, 7) is 2.79. The third-order valence-electron chi connectivity index (χ3n) is 3.97. The summed E-state index contributed by atoms with van der Waals surface area (Å²) >= 11 is 0. The molecule has 8 heteroatoms. The van der Waals surface area contributed by atoms with Gasteiger partial charge in [0.05, 0.1) is 31.4 Å². The molecule has 0 aliphatic carbocycles. The molecule has 0 fully saturated rings. The maximum absolute atomic E-state index is 12.4. The van der Waals surface area contributed by atoms with Gasteiger partial charge in [0.2, 0.25) is 0 Å². The number of aliphatic carboxylic acids is 1. The van der Waals surface area contributed by atoms with E-state index in [0.29, 0.717) is 17.9 Å². The summed E-state index contributed by atoms with van der Waals surface area (Å²) in [7, 11) is 0. The summed E-state index contributed by atoms with van der Waals surface area (Å²) in [6.07, 6.45) is 4.70. The molecule has 1 aromatic carbocycles. The summed E-state index contributed by atoms with van der Waals surface area (Å²) in [5.41, 5.74) is 3.20. The highest BCUT2D eigenvalue weighted by atomic mass is 16.4. The number of hydrogen-bond donors (Lipinski definition) is 2. The topological polar surface area (TPSA) is 102 Å². The minimum Gasteiger partial charge on any atom is -0.481 e. The lowest BCUT2D eigenvalue weighted by Gasteiger charge is -2.06. The number of carbonyl (C=O) groups is 2. The number of rotatable bonds is 7. The van der Waals surface area contributed by atoms with Gasteiger partial charge in [0.25, 0.3) is 5.91 Å². The SMILES string of the molecule is Cc1ccccc1Cn1cc(NC(=O)c2ccnn2CCC(=O)O)cn1. The molecule has 134 valence electrons. The minimum absolute atomic E-state index is 0.101. The smallest absolute Gasteiger partial charge is 0.305 e. The molecule has 0 saturated heterocycles. The van der Waals surface area contributed by atoms with Crippen LogP contribution in [0.2, 0.25) is 0 Å². The molecule has 2 aromatic heterocycles. The van der Waals surface area contributed by atoms with Gasteiger partial charge in [-0.05, 0) is 24.1 Å². The van der Waals surface area contributed by atoms with E-state index in [9.17, 15) is 9.59 Å². The Bertz CT molecular complexity index is 928. The van der Waals surface area contributed by atoms with Crippen molar-refractivity contribution in [1.29, 1.82) is 0 Å². The molecule has 1 amide bonds. The molecule has 3 aromatic rings. The largest absolute Gasteiger partial charge is 0.481 e. The third kappa shape index (κ3) is 4.15. The molecule has 8 nitrogen and oxygen atoms in total. The van der Waals surface area contributed by atoms with Gasteiger partial charge in [-0.15, -0.1) is 0 Å². The van der Waals surface area contributed by atoms with Gasteiger partial charge < -0.3 is 10.4 Å². The Morgan fingerprint density at radius 1 is 1.19 bits per heavy atom. The molecular weight excluding hydrogens is 334 g/mol. The first-order valence-electron chi connectivity index (χ1n) is 8.15. The number of carbonyl (C=O) groups excluding carboxylic acids is 1. The van der Waals surface area contributed by atoms with E-state index in [-0.39, 0.29) is 18.9 Å². The van der Waals surface area contributed by atoms with E-state index in [0.717, 1.165) is 5.56 Å². The van der Waals surface area contributed by atoms with Gasteiger partial charge in [-0.25, -0.2) is 0 Å². The zero-order valence-corrected chi connectivity index (χ0v) is 14.3. The van der Waals surface area contributed by atoms with Crippen molar-refractivity contribution < 1.29 is 14.7 Å². The number of carboxylic acid groups (broad SMARTS) is 1. The van der Waals surface area contributed by atoms with Crippen LogP contribution in [-0.2, 0) is 17.9 Å². The Hall–Kier alpha value is -3.42. The highest BCUT2D eigenvalue weighted by molar-refractivity contribution is 6.02. The number of anilines is 1. The third-order valence-corrected chi connectivity index (χ3v) is 3.97. The fraction of sp³-hybridized carbons (Fsp3) is 0.222. The molecule has 0 aliphatic heterocycles. The predicted octanol–water partition coefficient (Wildman–Crippen LogP) is 2.16. The van der Waals surface area contributed by atoms with E-state index in [2.05, 4.69) is 15.5 Å². The molecule has 0 bridgehead atoms. The monoisotopic (exact) mass is 353 g/mol. The van der Waals surface area contributed by atoms with Gasteiger partial charge in [0.1, 0.15) is 5.69 Å².